The van der Waals surface area contributed by atoms with Crippen LogP contribution in [0.1, 0.15) is 42.9 Å². The molecular formula is C15H17F3O3S. The number of alkyl halides is 3. The average molecular weight is 334 g/mol. The van der Waals surface area contributed by atoms with Crippen LogP contribution in [0.4, 0.5) is 13.2 Å². The van der Waals surface area contributed by atoms with Crippen LogP contribution < -0.4 is 4.18 Å². The molecule has 0 spiro atoms. The third kappa shape index (κ3) is 3.14. The summed E-state index contributed by atoms with van der Waals surface area (Å²) in [5.74, 6) is -0.396. The Morgan fingerprint density at radius 3 is 2.55 bits per heavy atom. The van der Waals surface area contributed by atoms with Crippen molar-refractivity contribution in [2.24, 2.45) is 0 Å². The van der Waals surface area contributed by atoms with Gasteiger partial charge >= 0.3 is 15.6 Å². The molecule has 122 valence electrons. The third-order valence-corrected chi connectivity index (χ3v) is 4.66. The van der Waals surface area contributed by atoms with E-state index in [0.29, 0.717) is 17.5 Å². The molecule has 0 bridgehead atoms. The van der Waals surface area contributed by atoms with Crippen LogP contribution in [0.25, 0.3) is 0 Å². The standard InChI is InChI=1S/C15H17F3O3S/c1-3-5-10(2)12-9-8-11-6-4-7-13(11)14(12)21-22(19,20)15(16,17)18/h3,5,8-10H,4,6-7H2,1-2H3/b5-3+. The SMILES string of the molecule is C/C=C/C(C)c1ccc2c(c1OS(=O)(=O)C(F)(F)F)CCC2. The number of hydrogen-bond acceptors (Lipinski definition) is 3. The van der Waals surface area contributed by atoms with Gasteiger partial charge in [-0.15, -0.1) is 0 Å². The second-order valence-electron chi connectivity index (χ2n) is 5.27. The van der Waals surface area contributed by atoms with Gasteiger partial charge in [-0.3, -0.25) is 0 Å². The number of benzene rings is 1. The molecule has 2 rings (SSSR count). The van der Waals surface area contributed by atoms with E-state index in [1.54, 1.807) is 32.1 Å². The van der Waals surface area contributed by atoms with Gasteiger partial charge in [-0.1, -0.05) is 31.2 Å². The van der Waals surface area contributed by atoms with Crippen molar-refractivity contribution in [1.29, 1.82) is 0 Å². The van der Waals surface area contributed by atoms with E-state index < -0.39 is 15.6 Å². The fourth-order valence-corrected chi connectivity index (χ4v) is 3.17. The van der Waals surface area contributed by atoms with Crippen LogP contribution in [0.5, 0.6) is 5.75 Å². The van der Waals surface area contributed by atoms with Crippen LogP contribution in [-0.4, -0.2) is 13.9 Å². The van der Waals surface area contributed by atoms with Gasteiger partial charge in [-0.2, -0.15) is 21.6 Å². The highest BCUT2D eigenvalue weighted by molar-refractivity contribution is 7.88. The lowest BCUT2D eigenvalue weighted by Gasteiger charge is -2.18. The van der Waals surface area contributed by atoms with E-state index in [4.69, 9.17) is 0 Å². The molecule has 0 radical (unpaired) electrons. The van der Waals surface area contributed by atoms with Gasteiger partial charge in [-0.05, 0) is 37.3 Å². The second kappa shape index (κ2) is 5.95. The molecule has 0 aliphatic heterocycles. The molecule has 0 amide bonds. The molecule has 1 atom stereocenters. The zero-order valence-electron chi connectivity index (χ0n) is 12.3. The molecule has 1 aromatic carbocycles. The smallest absolute Gasteiger partial charge is 0.375 e. The molecule has 0 N–H and O–H groups in total. The van der Waals surface area contributed by atoms with Gasteiger partial charge < -0.3 is 4.18 Å². The van der Waals surface area contributed by atoms with Crippen LogP contribution in [0.15, 0.2) is 24.3 Å². The minimum absolute atomic E-state index is 0.155. The quantitative estimate of drug-likeness (QED) is 0.473. The normalized spacial score (nSPS) is 16.8. The number of hydrogen-bond donors (Lipinski definition) is 0. The summed E-state index contributed by atoms with van der Waals surface area (Å²) in [6, 6.07) is 3.49. The number of allylic oxidation sites excluding steroid dienone is 2. The first-order chi connectivity index (χ1) is 10.2. The zero-order chi connectivity index (χ0) is 16.5. The maximum atomic E-state index is 12.6. The van der Waals surface area contributed by atoms with Crippen molar-refractivity contribution >= 4 is 10.1 Å². The molecule has 0 saturated heterocycles. The van der Waals surface area contributed by atoms with Gasteiger partial charge in [0.15, 0.2) is 0 Å². The Morgan fingerprint density at radius 2 is 1.95 bits per heavy atom. The molecule has 7 heteroatoms. The van der Waals surface area contributed by atoms with Gasteiger partial charge in [-0.25, -0.2) is 0 Å². The third-order valence-electron chi connectivity index (χ3n) is 3.71. The first-order valence-corrected chi connectivity index (χ1v) is 8.36. The summed E-state index contributed by atoms with van der Waals surface area (Å²) >= 11 is 0. The van der Waals surface area contributed by atoms with E-state index in [-0.39, 0.29) is 11.7 Å². The van der Waals surface area contributed by atoms with Gasteiger partial charge in [0.1, 0.15) is 5.75 Å². The highest BCUT2D eigenvalue weighted by Crippen LogP contribution is 2.40. The Kier molecular flexibility index (Phi) is 4.56. The lowest BCUT2D eigenvalue weighted by Crippen LogP contribution is -2.29. The largest absolute Gasteiger partial charge is 0.534 e. The number of fused-ring (bicyclic) bond motifs is 1. The van der Waals surface area contributed by atoms with Crippen molar-refractivity contribution in [2.75, 3.05) is 0 Å². The summed E-state index contributed by atoms with van der Waals surface area (Å²) in [5, 5.41) is 0. The lowest BCUT2D eigenvalue weighted by atomic mass is 9.95. The molecule has 22 heavy (non-hydrogen) atoms. The first kappa shape index (κ1) is 16.9. The van der Waals surface area contributed by atoms with Crippen molar-refractivity contribution < 1.29 is 25.8 Å². The van der Waals surface area contributed by atoms with E-state index >= 15 is 0 Å². The first-order valence-electron chi connectivity index (χ1n) is 6.95. The van der Waals surface area contributed by atoms with Gasteiger partial charge in [0.2, 0.25) is 0 Å². The monoisotopic (exact) mass is 334 g/mol. The van der Waals surface area contributed by atoms with Gasteiger partial charge in [0, 0.05) is 11.5 Å². The zero-order valence-corrected chi connectivity index (χ0v) is 13.1. The fourth-order valence-electron chi connectivity index (χ4n) is 2.66. The Balaban J connectivity index is 2.55. The molecule has 3 nitrogen and oxygen atoms in total. The molecular weight excluding hydrogens is 317 g/mol. The van der Waals surface area contributed by atoms with Crippen LogP contribution in [0.2, 0.25) is 0 Å². The van der Waals surface area contributed by atoms with Gasteiger partial charge in [0.25, 0.3) is 0 Å². The predicted octanol–water partition coefficient (Wildman–Crippen LogP) is 4.08. The van der Waals surface area contributed by atoms with Crippen LogP contribution in [0, 0.1) is 0 Å². The maximum Gasteiger partial charge on any atom is 0.534 e. The summed E-state index contributed by atoms with van der Waals surface area (Å²) in [6.45, 7) is 3.57. The topological polar surface area (TPSA) is 43.4 Å². The minimum Gasteiger partial charge on any atom is -0.375 e. The van der Waals surface area contributed by atoms with Crippen molar-refractivity contribution in [1.82, 2.24) is 0 Å². The Hall–Kier alpha value is -1.50. The van der Waals surface area contributed by atoms with Crippen molar-refractivity contribution in [3.8, 4) is 5.75 Å². The fraction of sp³-hybridized carbons (Fsp3) is 0.467. The number of aryl methyl sites for hydroxylation is 1. The summed E-state index contributed by atoms with van der Waals surface area (Å²) in [5.41, 5.74) is -3.56. The van der Waals surface area contributed by atoms with E-state index in [1.807, 2.05) is 6.07 Å². The van der Waals surface area contributed by atoms with Crippen LogP contribution >= 0.6 is 0 Å². The van der Waals surface area contributed by atoms with E-state index in [2.05, 4.69) is 4.18 Å². The summed E-state index contributed by atoms with van der Waals surface area (Å²) in [4.78, 5) is 0. The van der Waals surface area contributed by atoms with Crippen molar-refractivity contribution in [3.63, 3.8) is 0 Å². The second-order valence-corrected chi connectivity index (χ2v) is 6.81. The summed E-state index contributed by atoms with van der Waals surface area (Å²) < 4.78 is 65.2. The Labute approximate surface area is 127 Å². The minimum atomic E-state index is -5.67. The van der Waals surface area contributed by atoms with Gasteiger partial charge in [0.05, 0.1) is 0 Å². The highest BCUT2D eigenvalue weighted by Gasteiger charge is 2.49. The molecule has 1 aliphatic rings. The highest BCUT2D eigenvalue weighted by atomic mass is 32.2. The number of halogens is 3. The Morgan fingerprint density at radius 1 is 1.27 bits per heavy atom. The lowest BCUT2D eigenvalue weighted by molar-refractivity contribution is -0.0500. The van der Waals surface area contributed by atoms with E-state index in [0.717, 1.165) is 18.4 Å². The summed E-state index contributed by atoms with van der Waals surface area (Å²) in [7, 11) is -5.67. The molecule has 0 saturated carbocycles. The van der Waals surface area contributed by atoms with Crippen molar-refractivity contribution in [2.45, 2.75) is 44.5 Å². The molecule has 1 aromatic rings. The summed E-state index contributed by atoms with van der Waals surface area (Å²) in [6.07, 6.45) is 5.56. The van der Waals surface area contributed by atoms with Crippen molar-refractivity contribution in [3.05, 3.63) is 41.0 Å². The number of rotatable bonds is 4. The van der Waals surface area contributed by atoms with E-state index in [1.165, 1.54) is 0 Å². The van der Waals surface area contributed by atoms with Crippen LogP contribution in [-0.2, 0) is 23.0 Å². The predicted molar refractivity (Wildman–Crippen MR) is 77.3 cm³/mol. The molecule has 0 fully saturated rings. The van der Waals surface area contributed by atoms with Crippen LogP contribution in [0.3, 0.4) is 0 Å². The molecule has 1 aliphatic carbocycles. The molecule has 1 unspecified atom stereocenters. The molecule has 0 aromatic heterocycles. The maximum absolute atomic E-state index is 12.6. The molecule has 0 heterocycles. The van der Waals surface area contributed by atoms with E-state index in [9.17, 15) is 21.6 Å². The Bertz CT molecular complexity index is 691. The average Bonchev–Trinajstić information content (AvgIpc) is 2.86.